The number of aromatic nitrogens is 1. The minimum Gasteiger partial charge on any atom is -0.451 e. The number of fused-ring (bicyclic) bond motifs is 1. The second-order valence-electron chi connectivity index (χ2n) is 11.7. The number of pyridine rings is 1. The summed E-state index contributed by atoms with van der Waals surface area (Å²) >= 11 is 0. The van der Waals surface area contributed by atoms with Crippen molar-refractivity contribution in [1.29, 1.82) is 0 Å². The van der Waals surface area contributed by atoms with E-state index < -0.39 is 21.8 Å². The van der Waals surface area contributed by atoms with Crippen LogP contribution in [0.1, 0.15) is 80.1 Å². The van der Waals surface area contributed by atoms with Crippen LogP contribution in [0.3, 0.4) is 0 Å². The van der Waals surface area contributed by atoms with E-state index in [1.165, 1.54) is 60.6 Å². The number of nitrogens with zero attached hydrogens (tertiary/aromatic N) is 2. The summed E-state index contributed by atoms with van der Waals surface area (Å²) in [5.41, 5.74) is 1.97. The van der Waals surface area contributed by atoms with Crippen molar-refractivity contribution in [3.8, 4) is 0 Å². The Hall–Kier alpha value is -3.70. The predicted molar refractivity (Wildman–Crippen MR) is 175 cm³/mol. The highest BCUT2D eigenvalue weighted by Gasteiger charge is 2.34. The molecule has 0 aliphatic carbocycles. The molecule has 2 aromatic heterocycles. The highest BCUT2D eigenvalue weighted by atomic mass is 32.2. The van der Waals surface area contributed by atoms with E-state index in [1.54, 1.807) is 19.1 Å². The van der Waals surface area contributed by atoms with Crippen LogP contribution in [0, 0.1) is 19.8 Å². The topological polar surface area (TPSA) is 92.5 Å². The molecule has 250 valence electrons. The van der Waals surface area contributed by atoms with Gasteiger partial charge in [0, 0.05) is 36.9 Å². The van der Waals surface area contributed by atoms with Crippen molar-refractivity contribution < 1.29 is 30.8 Å². The van der Waals surface area contributed by atoms with Crippen LogP contribution in [0.15, 0.2) is 82.4 Å². The predicted octanol–water partition coefficient (Wildman–Crippen LogP) is 8.57. The van der Waals surface area contributed by atoms with Crippen LogP contribution in [0.25, 0.3) is 11.0 Å². The highest BCUT2D eigenvalue weighted by Crippen LogP contribution is 2.29. The van der Waals surface area contributed by atoms with E-state index in [2.05, 4.69) is 31.1 Å². The van der Waals surface area contributed by atoms with Crippen molar-refractivity contribution in [1.82, 2.24) is 14.6 Å². The number of nitrogens with one attached hydrogen (secondary N) is 1. The summed E-state index contributed by atoms with van der Waals surface area (Å²) in [4.78, 5) is 16.5. The number of hydrogen-bond donors (Lipinski definition) is 1. The number of carbonyl (C=O) groups is 1. The monoisotopic (exact) mass is 659 g/mol. The Labute approximate surface area is 270 Å². The summed E-state index contributed by atoms with van der Waals surface area (Å²) in [6.45, 7) is 11.2. The number of rotatable bonds is 8. The fourth-order valence-corrected chi connectivity index (χ4v) is 6.58. The van der Waals surface area contributed by atoms with Crippen LogP contribution in [0.4, 0.5) is 13.2 Å². The van der Waals surface area contributed by atoms with E-state index in [4.69, 9.17) is 4.42 Å². The first-order chi connectivity index (χ1) is 21.7. The third-order valence-electron chi connectivity index (χ3n) is 7.60. The van der Waals surface area contributed by atoms with E-state index >= 15 is 0 Å². The molecule has 0 spiro atoms. The highest BCUT2D eigenvalue weighted by molar-refractivity contribution is 7.89. The van der Waals surface area contributed by atoms with E-state index in [9.17, 15) is 26.4 Å². The number of hydrogen-bond acceptors (Lipinski definition) is 5. The van der Waals surface area contributed by atoms with Crippen LogP contribution in [0.5, 0.6) is 0 Å². The standard InChI is InChI=1S/C19H19N3O4S.C8H7F3.C8H18/c1-13-4-5-17-14(9-13)10-18(26-17)19(23)21-15-6-8-22(12-15)27(24,25)16-3-2-7-20-11-16;1-6-2-4-7(5-3-6)8(9,10)11;1-4-6-8(3)7-5-2/h2-5,7,9-11,15H,6,8,12H2,1H3,(H,21,23);2-5H,1H3;8H,4-7H2,1-3H3/t15-;;/m1../s1. The second kappa shape index (κ2) is 16.7. The number of sulfonamides is 1. The summed E-state index contributed by atoms with van der Waals surface area (Å²) in [5, 5.41) is 3.74. The molecule has 0 unspecified atom stereocenters. The van der Waals surface area contributed by atoms with Crippen LogP contribution >= 0.6 is 0 Å². The van der Waals surface area contributed by atoms with Gasteiger partial charge in [0.15, 0.2) is 5.76 Å². The zero-order valence-electron chi connectivity index (χ0n) is 27.1. The summed E-state index contributed by atoms with van der Waals surface area (Å²) in [7, 11) is -3.60. The maximum atomic E-state index is 12.6. The van der Waals surface area contributed by atoms with Crippen molar-refractivity contribution in [3.05, 3.63) is 95.5 Å². The molecule has 3 heterocycles. The lowest BCUT2D eigenvalue weighted by Gasteiger charge is -2.16. The van der Waals surface area contributed by atoms with Crippen molar-refractivity contribution in [3.63, 3.8) is 0 Å². The van der Waals surface area contributed by atoms with Gasteiger partial charge in [0.2, 0.25) is 10.0 Å². The van der Waals surface area contributed by atoms with Gasteiger partial charge >= 0.3 is 6.18 Å². The Bertz CT molecular complexity index is 1630. The number of carbonyl (C=O) groups excluding carboxylic acids is 1. The van der Waals surface area contributed by atoms with Crippen LogP contribution in [0.2, 0.25) is 0 Å². The molecule has 0 bridgehead atoms. The van der Waals surface area contributed by atoms with Gasteiger partial charge in [-0.3, -0.25) is 9.78 Å². The van der Waals surface area contributed by atoms with E-state index in [1.807, 2.05) is 25.1 Å². The molecule has 1 N–H and O–H groups in total. The average Bonchev–Trinajstić information content (AvgIpc) is 3.66. The average molecular weight is 660 g/mol. The van der Waals surface area contributed by atoms with Crippen LogP contribution < -0.4 is 5.32 Å². The summed E-state index contributed by atoms with van der Waals surface area (Å²) in [5.74, 6) is 0.851. The second-order valence-corrected chi connectivity index (χ2v) is 13.6. The van der Waals surface area contributed by atoms with E-state index in [0.717, 1.165) is 34.6 Å². The molecule has 1 aliphatic rings. The fourth-order valence-electron chi connectivity index (χ4n) is 5.12. The number of benzene rings is 2. The third kappa shape index (κ3) is 10.7. The fraction of sp³-hybridized carbons (Fsp3) is 0.429. The van der Waals surface area contributed by atoms with Gasteiger partial charge in [-0.2, -0.15) is 17.5 Å². The lowest BCUT2D eigenvalue weighted by molar-refractivity contribution is -0.137. The molecule has 4 aromatic rings. The Morgan fingerprint density at radius 3 is 2.26 bits per heavy atom. The third-order valence-corrected chi connectivity index (χ3v) is 9.44. The molecule has 0 radical (unpaired) electrons. The molecule has 7 nitrogen and oxygen atoms in total. The van der Waals surface area contributed by atoms with Gasteiger partial charge in [0.1, 0.15) is 10.5 Å². The largest absolute Gasteiger partial charge is 0.451 e. The molecule has 0 saturated carbocycles. The minimum absolute atomic E-state index is 0.157. The smallest absolute Gasteiger partial charge is 0.416 e. The first kappa shape index (κ1) is 36.8. The van der Waals surface area contributed by atoms with Gasteiger partial charge < -0.3 is 9.73 Å². The summed E-state index contributed by atoms with van der Waals surface area (Å²) in [6, 6.07) is 15.3. The quantitative estimate of drug-likeness (QED) is 0.205. The maximum absolute atomic E-state index is 12.6. The van der Waals surface area contributed by atoms with E-state index in [-0.39, 0.29) is 29.1 Å². The number of furan rings is 1. The normalized spacial score (nSPS) is 15.2. The summed E-state index contributed by atoms with van der Waals surface area (Å²) in [6.07, 6.45) is 4.71. The van der Waals surface area contributed by atoms with Gasteiger partial charge in [-0.15, -0.1) is 0 Å². The summed E-state index contributed by atoms with van der Waals surface area (Å²) < 4.78 is 68.0. The number of aryl methyl sites for hydroxylation is 2. The molecule has 1 saturated heterocycles. The number of halogens is 3. The van der Waals surface area contributed by atoms with Crippen LogP contribution in [-0.2, 0) is 16.2 Å². The SMILES string of the molecule is CCCC(C)CCC.Cc1ccc(C(F)(F)F)cc1.Cc1ccc2oc(C(=O)N[C@@H]3CCN(S(=O)(=O)c4cccnc4)C3)cc2c1. The molecule has 11 heteroatoms. The zero-order chi connectivity index (χ0) is 33.9. The van der Waals surface area contributed by atoms with Gasteiger partial charge in [0.05, 0.1) is 5.56 Å². The number of amides is 1. The Morgan fingerprint density at radius 1 is 1.02 bits per heavy atom. The van der Waals surface area contributed by atoms with Crippen molar-refractivity contribution >= 4 is 26.9 Å². The first-order valence-corrected chi connectivity index (χ1v) is 17.0. The van der Waals surface area contributed by atoms with Crippen LogP contribution in [-0.4, -0.2) is 42.7 Å². The lowest BCUT2D eigenvalue weighted by Crippen LogP contribution is -2.38. The van der Waals surface area contributed by atoms with E-state index in [0.29, 0.717) is 18.5 Å². The minimum atomic E-state index is -4.21. The molecule has 46 heavy (non-hydrogen) atoms. The molecule has 1 fully saturated rings. The van der Waals surface area contributed by atoms with Gasteiger partial charge in [-0.25, -0.2) is 8.42 Å². The molecular weight excluding hydrogens is 615 g/mol. The van der Waals surface area contributed by atoms with Gasteiger partial charge in [0.25, 0.3) is 5.91 Å². The Morgan fingerprint density at radius 2 is 1.67 bits per heavy atom. The molecule has 2 aromatic carbocycles. The molecule has 5 rings (SSSR count). The van der Waals surface area contributed by atoms with Gasteiger partial charge in [-0.05, 0) is 68.7 Å². The maximum Gasteiger partial charge on any atom is 0.416 e. The molecule has 1 aliphatic heterocycles. The van der Waals surface area contributed by atoms with Crippen molar-refractivity contribution in [2.45, 2.75) is 83.8 Å². The first-order valence-electron chi connectivity index (χ1n) is 15.6. The molecule has 1 amide bonds. The Kier molecular flexibility index (Phi) is 13.4. The Balaban J connectivity index is 0.000000249. The molecule has 1 atom stereocenters. The van der Waals surface area contributed by atoms with Gasteiger partial charge in [-0.1, -0.05) is 75.8 Å². The molecular formula is C35H44F3N3O4S. The lowest BCUT2D eigenvalue weighted by atomic mass is 10.0. The van der Waals surface area contributed by atoms with Crippen molar-refractivity contribution in [2.24, 2.45) is 5.92 Å². The zero-order valence-corrected chi connectivity index (χ0v) is 27.9. The van der Waals surface area contributed by atoms with Crippen molar-refractivity contribution in [2.75, 3.05) is 13.1 Å². The number of alkyl halides is 3.